The lowest BCUT2D eigenvalue weighted by atomic mass is 9.95. The van der Waals surface area contributed by atoms with Gasteiger partial charge in [-0.1, -0.05) is 18.2 Å². The van der Waals surface area contributed by atoms with E-state index in [0.717, 1.165) is 43.4 Å². The summed E-state index contributed by atoms with van der Waals surface area (Å²) >= 11 is 0. The molecule has 1 fully saturated rings. The number of piperidine rings is 1. The lowest BCUT2D eigenvalue weighted by molar-refractivity contribution is 0.0665. The number of rotatable bonds is 4. The lowest BCUT2D eigenvalue weighted by Crippen LogP contribution is -2.43. The first-order valence-corrected chi connectivity index (χ1v) is 9.07. The van der Waals surface area contributed by atoms with Gasteiger partial charge in [-0.15, -0.1) is 0 Å². The second kappa shape index (κ2) is 7.40. The highest BCUT2D eigenvalue weighted by Gasteiger charge is 2.26. The SMILES string of the molecule is CC(C)N(C)CC1CCN(C(=O)c2cc3ccccc3[nH]c2=O)CC1. The number of benzene rings is 1. The minimum Gasteiger partial charge on any atom is -0.338 e. The summed E-state index contributed by atoms with van der Waals surface area (Å²) in [5.41, 5.74) is 0.710. The van der Waals surface area contributed by atoms with Crippen LogP contribution in [0.2, 0.25) is 0 Å². The van der Waals surface area contributed by atoms with Gasteiger partial charge in [0.15, 0.2) is 0 Å². The third-order valence-electron chi connectivity index (χ3n) is 5.31. The Kier molecular flexibility index (Phi) is 5.23. The van der Waals surface area contributed by atoms with Gasteiger partial charge in [-0.05, 0) is 57.2 Å². The number of fused-ring (bicyclic) bond motifs is 1. The van der Waals surface area contributed by atoms with E-state index in [-0.39, 0.29) is 17.0 Å². The van der Waals surface area contributed by atoms with E-state index in [2.05, 4.69) is 30.8 Å². The Bertz CT molecular complexity index is 804. The molecule has 1 amide bonds. The molecule has 0 bridgehead atoms. The van der Waals surface area contributed by atoms with E-state index in [1.165, 1.54) is 0 Å². The largest absolute Gasteiger partial charge is 0.338 e. The number of carbonyl (C=O) groups is 1. The van der Waals surface area contributed by atoms with Crippen molar-refractivity contribution >= 4 is 16.8 Å². The Morgan fingerprint density at radius 2 is 1.96 bits per heavy atom. The molecule has 5 nitrogen and oxygen atoms in total. The highest BCUT2D eigenvalue weighted by molar-refractivity contribution is 5.97. The van der Waals surface area contributed by atoms with E-state index in [1.807, 2.05) is 29.2 Å². The average molecular weight is 341 g/mol. The summed E-state index contributed by atoms with van der Waals surface area (Å²) < 4.78 is 0. The van der Waals surface area contributed by atoms with Crippen LogP contribution in [0.25, 0.3) is 10.9 Å². The molecule has 1 N–H and O–H groups in total. The van der Waals surface area contributed by atoms with Crippen LogP contribution >= 0.6 is 0 Å². The van der Waals surface area contributed by atoms with Crippen LogP contribution in [-0.2, 0) is 0 Å². The molecule has 5 heteroatoms. The Balaban J connectivity index is 1.69. The summed E-state index contributed by atoms with van der Waals surface area (Å²) in [4.78, 5) is 32.1. The standard InChI is InChI=1S/C20H27N3O2/c1-14(2)22(3)13-15-8-10-23(11-9-15)20(25)17-12-16-6-4-5-7-18(16)21-19(17)24/h4-7,12,14-15H,8-11,13H2,1-3H3,(H,21,24). The Morgan fingerprint density at radius 3 is 2.64 bits per heavy atom. The van der Waals surface area contributed by atoms with Crippen molar-refractivity contribution in [2.24, 2.45) is 5.92 Å². The minimum atomic E-state index is -0.301. The summed E-state index contributed by atoms with van der Waals surface area (Å²) in [5.74, 6) is 0.467. The molecular formula is C20H27N3O2. The molecule has 0 aliphatic carbocycles. The van der Waals surface area contributed by atoms with Crippen LogP contribution in [0.3, 0.4) is 0 Å². The Hall–Kier alpha value is -2.14. The molecule has 1 aliphatic rings. The van der Waals surface area contributed by atoms with Gasteiger partial charge in [0.05, 0.1) is 0 Å². The van der Waals surface area contributed by atoms with Crippen LogP contribution < -0.4 is 5.56 Å². The predicted octanol–water partition coefficient (Wildman–Crippen LogP) is 2.72. The molecule has 3 rings (SSSR count). The number of aromatic amines is 1. The van der Waals surface area contributed by atoms with Crippen LogP contribution in [0, 0.1) is 5.92 Å². The summed E-state index contributed by atoms with van der Waals surface area (Å²) in [6.45, 7) is 6.91. The van der Waals surface area contributed by atoms with E-state index in [4.69, 9.17) is 0 Å². The quantitative estimate of drug-likeness (QED) is 0.930. The average Bonchev–Trinajstić information content (AvgIpc) is 2.61. The third kappa shape index (κ3) is 3.93. The first-order valence-electron chi connectivity index (χ1n) is 9.07. The van der Waals surface area contributed by atoms with Crippen molar-refractivity contribution in [2.75, 3.05) is 26.7 Å². The van der Waals surface area contributed by atoms with Gasteiger partial charge in [0.25, 0.3) is 11.5 Å². The predicted molar refractivity (Wildman–Crippen MR) is 101 cm³/mol. The molecule has 2 heterocycles. The monoisotopic (exact) mass is 341 g/mol. The molecule has 0 saturated carbocycles. The summed E-state index contributed by atoms with van der Waals surface area (Å²) in [6, 6.07) is 9.80. The number of hydrogen-bond acceptors (Lipinski definition) is 3. The van der Waals surface area contributed by atoms with E-state index >= 15 is 0 Å². The summed E-state index contributed by atoms with van der Waals surface area (Å²) in [6.07, 6.45) is 1.99. The molecule has 0 spiro atoms. The number of H-pyrrole nitrogens is 1. The van der Waals surface area contributed by atoms with Gasteiger partial charge in [-0.3, -0.25) is 9.59 Å². The molecule has 1 aromatic carbocycles. The molecule has 1 aromatic heterocycles. The number of amides is 1. The fraction of sp³-hybridized carbons (Fsp3) is 0.500. The number of likely N-dealkylation sites (tertiary alicyclic amines) is 1. The van der Waals surface area contributed by atoms with Crippen LogP contribution in [0.1, 0.15) is 37.0 Å². The maximum Gasteiger partial charge on any atom is 0.261 e. The Morgan fingerprint density at radius 1 is 1.28 bits per heavy atom. The molecular weight excluding hydrogens is 314 g/mol. The van der Waals surface area contributed by atoms with Crippen molar-refractivity contribution in [1.82, 2.24) is 14.8 Å². The molecule has 1 aliphatic heterocycles. The summed E-state index contributed by atoms with van der Waals surface area (Å²) in [5, 5.41) is 0.888. The van der Waals surface area contributed by atoms with Gasteiger partial charge in [-0.25, -0.2) is 0 Å². The fourth-order valence-corrected chi connectivity index (χ4v) is 3.41. The van der Waals surface area contributed by atoms with Crippen LogP contribution in [-0.4, -0.2) is 53.4 Å². The van der Waals surface area contributed by atoms with Gasteiger partial charge in [0.1, 0.15) is 5.56 Å². The van der Waals surface area contributed by atoms with E-state index < -0.39 is 0 Å². The van der Waals surface area contributed by atoms with Gasteiger partial charge in [0.2, 0.25) is 0 Å². The number of carbonyl (C=O) groups excluding carboxylic acids is 1. The zero-order valence-electron chi connectivity index (χ0n) is 15.3. The van der Waals surface area contributed by atoms with Crippen LogP contribution in [0.15, 0.2) is 35.1 Å². The molecule has 134 valence electrons. The second-order valence-electron chi connectivity index (χ2n) is 7.37. The van der Waals surface area contributed by atoms with E-state index in [9.17, 15) is 9.59 Å². The van der Waals surface area contributed by atoms with Crippen molar-refractivity contribution in [3.63, 3.8) is 0 Å². The number of aromatic nitrogens is 1. The van der Waals surface area contributed by atoms with Gasteiger partial charge < -0.3 is 14.8 Å². The smallest absolute Gasteiger partial charge is 0.261 e. The second-order valence-corrected chi connectivity index (χ2v) is 7.37. The third-order valence-corrected chi connectivity index (χ3v) is 5.31. The molecule has 0 atom stereocenters. The van der Waals surface area contributed by atoms with Crippen molar-refractivity contribution in [3.8, 4) is 0 Å². The lowest BCUT2D eigenvalue weighted by Gasteiger charge is -2.34. The Labute approximate surface area is 148 Å². The van der Waals surface area contributed by atoms with E-state index in [1.54, 1.807) is 6.07 Å². The van der Waals surface area contributed by atoms with Crippen LogP contribution in [0.4, 0.5) is 0 Å². The first kappa shape index (κ1) is 17.7. The minimum absolute atomic E-state index is 0.150. The zero-order chi connectivity index (χ0) is 18.0. The number of pyridine rings is 1. The highest BCUT2D eigenvalue weighted by Crippen LogP contribution is 2.20. The van der Waals surface area contributed by atoms with Crippen molar-refractivity contribution in [3.05, 3.63) is 46.2 Å². The zero-order valence-corrected chi connectivity index (χ0v) is 15.3. The number of hydrogen-bond donors (Lipinski definition) is 1. The van der Waals surface area contributed by atoms with Crippen molar-refractivity contribution in [1.29, 1.82) is 0 Å². The van der Waals surface area contributed by atoms with Gasteiger partial charge in [-0.2, -0.15) is 0 Å². The highest BCUT2D eigenvalue weighted by atomic mass is 16.2. The molecule has 0 unspecified atom stereocenters. The maximum atomic E-state index is 12.8. The fourth-order valence-electron chi connectivity index (χ4n) is 3.41. The molecule has 0 radical (unpaired) electrons. The van der Waals surface area contributed by atoms with Gasteiger partial charge in [0, 0.05) is 31.2 Å². The maximum absolute atomic E-state index is 12.8. The summed E-state index contributed by atoms with van der Waals surface area (Å²) in [7, 11) is 2.15. The van der Waals surface area contributed by atoms with Crippen molar-refractivity contribution < 1.29 is 4.79 Å². The molecule has 2 aromatic rings. The molecule has 1 saturated heterocycles. The normalized spacial score (nSPS) is 16.1. The number of para-hydroxylation sites is 1. The van der Waals surface area contributed by atoms with Gasteiger partial charge >= 0.3 is 0 Å². The number of nitrogens with one attached hydrogen (secondary N) is 1. The van der Waals surface area contributed by atoms with Crippen LogP contribution in [0.5, 0.6) is 0 Å². The first-order chi connectivity index (χ1) is 12.0. The number of nitrogens with zero attached hydrogens (tertiary/aromatic N) is 2. The van der Waals surface area contributed by atoms with Crippen molar-refractivity contribution in [2.45, 2.75) is 32.7 Å². The topological polar surface area (TPSA) is 56.4 Å². The van der Waals surface area contributed by atoms with E-state index in [0.29, 0.717) is 12.0 Å². The molecule has 25 heavy (non-hydrogen) atoms.